The molecule has 3 aliphatic carbocycles. The molecule has 0 bridgehead atoms. The highest BCUT2D eigenvalue weighted by Gasteiger charge is 2.51. The number of fused-ring (bicyclic) bond motifs is 1. The third-order valence-electron chi connectivity index (χ3n) is 12.3. The first-order valence-corrected chi connectivity index (χ1v) is 19.4. The van der Waals surface area contributed by atoms with Crippen LogP contribution >= 0.6 is 0 Å². The van der Waals surface area contributed by atoms with Crippen molar-refractivity contribution < 1.29 is 19.5 Å². The van der Waals surface area contributed by atoms with Gasteiger partial charge in [-0.05, 0) is 54.1 Å². The molecule has 5 atom stereocenters. The molecule has 4 aliphatic rings. The summed E-state index contributed by atoms with van der Waals surface area (Å²) in [7, 11) is 0. The Bertz CT molecular complexity index is 1440. The number of hydrogen-bond acceptors (Lipinski definition) is 5. The molecule has 2 aromatic carbocycles. The largest absolute Gasteiger partial charge is 0.384 e. The standard InChI is InChI=1S/C41H57N5O4/c42-38(43)31-22-20-28(21-23-31)26-44-39(48)34-25-32-18-10-11-19-33(32)46(34)41(50)37(45-40(49)35(47)24-27-12-4-1-5-13-27)36(29-14-6-2-7-15-29)30-16-8-3-9-17-30/h1,4-5,12-13,20-23,29-30,32-37,47H,2-3,6-11,14-19,24-26H2,(H3,42,43)(H,44,48)(H,45,49)/t32-,33-,34-,35+,37+/m0/s1. The van der Waals surface area contributed by atoms with Gasteiger partial charge in [-0.25, -0.2) is 0 Å². The summed E-state index contributed by atoms with van der Waals surface area (Å²) in [4.78, 5) is 45.3. The van der Waals surface area contributed by atoms with Gasteiger partial charge in [-0.1, -0.05) is 132 Å². The summed E-state index contributed by atoms with van der Waals surface area (Å²) in [5.74, 6) is 0.0692. The quantitative estimate of drug-likeness (QED) is 0.146. The van der Waals surface area contributed by atoms with Crippen LogP contribution in [0.5, 0.6) is 0 Å². The second-order valence-electron chi connectivity index (χ2n) is 15.5. The van der Waals surface area contributed by atoms with Crippen LogP contribution < -0.4 is 16.4 Å². The highest BCUT2D eigenvalue weighted by molar-refractivity contribution is 5.95. The van der Waals surface area contributed by atoms with E-state index >= 15 is 4.79 Å². The molecule has 9 heteroatoms. The molecule has 50 heavy (non-hydrogen) atoms. The lowest BCUT2D eigenvalue weighted by Crippen LogP contribution is -2.61. The van der Waals surface area contributed by atoms with Crippen LogP contribution in [0.3, 0.4) is 0 Å². The minimum absolute atomic E-state index is 0.00251. The molecular formula is C41H57N5O4. The van der Waals surface area contributed by atoms with Crippen molar-refractivity contribution in [3.63, 3.8) is 0 Å². The molecular weight excluding hydrogens is 626 g/mol. The normalized spacial score (nSPS) is 24.3. The van der Waals surface area contributed by atoms with Gasteiger partial charge in [0.2, 0.25) is 17.7 Å². The maximum absolute atomic E-state index is 15.4. The third kappa shape index (κ3) is 8.59. The number of rotatable bonds is 12. The Labute approximate surface area is 297 Å². The zero-order valence-corrected chi connectivity index (χ0v) is 29.5. The van der Waals surface area contributed by atoms with E-state index in [1.54, 1.807) is 12.1 Å². The predicted octanol–water partition coefficient (Wildman–Crippen LogP) is 5.61. The lowest BCUT2D eigenvalue weighted by Gasteiger charge is -2.44. The minimum Gasteiger partial charge on any atom is -0.384 e. The van der Waals surface area contributed by atoms with Crippen molar-refractivity contribution in [2.75, 3.05) is 0 Å². The molecule has 6 N–H and O–H groups in total. The first-order valence-electron chi connectivity index (χ1n) is 19.4. The van der Waals surface area contributed by atoms with E-state index < -0.39 is 24.1 Å². The van der Waals surface area contributed by atoms with Gasteiger partial charge in [-0.15, -0.1) is 0 Å². The maximum atomic E-state index is 15.4. The zero-order chi connectivity index (χ0) is 35.0. The van der Waals surface area contributed by atoms with Crippen LogP contribution in [0.15, 0.2) is 54.6 Å². The number of likely N-dealkylation sites (tertiary alicyclic amines) is 1. The number of nitrogen functional groups attached to an aromatic ring is 1. The molecule has 0 spiro atoms. The lowest BCUT2D eigenvalue weighted by molar-refractivity contribution is -0.148. The SMILES string of the molecule is N=C(N)c1ccc(CNC(=O)[C@@H]2C[C@@H]3CCCC[C@@H]3N2C(=O)[C@H](NC(=O)[C@H](O)Cc2ccccc2)C(C2CCCCC2)C2CCCCC2)cc1. The van der Waals surface area contributed by atoms with Crippen LogP contribution in [0.25, 0.3) is 0 Å². The van der Waals surface area contributed by atoms with Crippen molar-refractivity contribution in [1.29, 1.82) is 5.41 Å². The number of aliphatic hydroxyl groups excluding tert-OH is 1. The Morgan fingerprint density at radius 1 is 0.800 bits per heavy atom. The fraction of sp³-hybridized carbons (Fsp3) is 0.610. The second kappa shape index (κ2) is 17.0. The van der Waals surface area contributed by atoms with E-state index in [1.165, 1.54) is 12.8 Å². The number of nitrogens with one attached hydrogen (secondary N) is 3. The Hall–Kier alpha value is -3.72. The molecule has 0 unspecified atom stereocenters. The van der Waals surface area contributed by atoms with Crippen LogP contribution in [0.1, 0.15) is 113 Å². The van der Waals surface area contributed by atoms with Gasteiger partial charge in [0.25, 0.3) is 0 Å². The minimum atomic E-state index is -1.28. The topological polar surface area (TPSA) is 149 Å². The molecule has 1 heterocycles. The van der Waals surface area contributed by atoms with E-state index in [9.17, 15) is 14.7 Å². The number of amidine groups is 1. The molecule has 270 valence electrons. The summed E-state index contributed by atoms with van der Waals surface area (Å²) < 4.78 is 0. The van der Waals surface area contributed by atoms with Gasteiger partial charge in [0.15, 0.2) is 0 Å². The molecule has 2 aromatic rings. The second-order valence-corrected chi connectivity index (χ2v) is 15.5. The van der Waals surface area contributed by atoms with Gasteiger partial charge in [0, 0.05) is 24.6 Å². The summed E-state index contributed by atoms with van der Waals surface area (Å²) in [5, 5.41) is 25.2. The first kappa shape index (κ1) is 36.1. The highest BCUT2D eigenvalue weighted by Crippen LogP contribution is 2.45. The van der Waals surface area contributed by atoms with Crippen molar-refractivity contribution in [2.24, 2.45) is 29.4 Å². The molecule has 6 rings (SSSR count). The lowest BCUT2D eigenvalue weighted by atomic mass is 9.66. The van der Waals surface area contributed by atoms with Gasteiger partial charge >= 0.3 is 0 Å². The van der Waals surface area contributed by atoms with Gasteiger partial charge < -0.3 is 26.4 Å². The summed E-state index contributed by atoms with van der Waals surface area (Å²) in [5.41, 5.74) is 8.02. The number of hydrogen-bond donors (Lipinski definition) is 5. The molecule has 4 fully saturated rings. The van der Waals surface area contributed by atoms with Crippen molar-refractivity contribution >= 4 is 23.6 Å². The Kier molecular flexibility index (Phi) is 12.3. The number of amides is 3. The predicted molar refractivity (Wildman–Crippen MR) is 195 cm³/mol. The van der Waals surface area contributed by atoms with E-state index in [0.29, 0.717) is 30.4 Å². The zero-order valence-electron chi connectivity index (χ0n) is 29.5. The Balaban J connectivity index is 1.29. The van der Waals surface area contributed by atoms with Gasteiger partial charge in [0.05, 0.1) is 0 Å². The van der Waals surface area contributed by atoms with E-state index in [0.717, 1.165) is 88.2 Å². The van der Waals surface area contributed by atoms with Gasteiger partial charge in [-0.2, -0.15) is 0 Å². The van der Waals surface area contributed by atoms with Crippen LogP contribution in [0.2, 0.25) is 0 Å². The van der Waals surface area contributed by atoms with Crippen LogP contribution in [0, 0.1) is 29.1 Å². The highest BCUT2D eigenvalue weighted by atomic mass is 16.3. The molecule has 0 aromatic heterocycles. The van der Waals surface area contributed by atoms with Crippen molar-refractivity contribution in [1.82, 2.24) is 15.5 Å². The number of nitrogens with zero attached hydrogens (tertiary/aromatic N) is 1. The average Bonchev–Trinajstić information content (AvgIpc) is 3.54. The van der Waals surface area contributed by atoms with E-state index in [2.05, 4.69) is 10.6 Å². The summed E-state index contributed by atoms with van der Waals surface area (Å²) in [6.45, 7) is 0.309. The van der Waals surface area contributed by atoms with Crippen molar-refractivity contribution in [2.45, 2.75) is 134 Å². The van der Waals surface area contributed by atoms with Crippen LogP contribution in [-0.2, 0) is 27.3 Å². The van der Waals surface area contributed by atoms with E-state index in [4.69, 9.17) is 11.1 Å². The van der Waals surface area contributed by atoms with E-state index in [1.807, 2.05) is 47.4 Å². The summed E-state index contributed by atoms with van der Waals surface area (Å²) >= 11 is 0. The van der Waals surface area contributed by atoms with Crippen molar-refractivity contribution in [3.05, 3.63) is 71.3 Å². The van der Waals surface area contributed by atoms with Gasteiger partial charge in [0.1, 0.15) is 24.0 Å². The molecule has 0 radical (unpaired) electrons. The number of carbonyl (C=O) groups is 3. The molecule has 9 nitrogen and oxygen atoms in total. The first-order chi connectivity index (χ1) is 24.3. The monoisotopic (exact) mass is 683 g/mol. The fourth-order valence-electron chi connectivity index (χ4n) is 9.75. The smallest absolute Gasteiger partial charge is 0.249 e. The van der Waals surface area contributed by atoms with Crippen molar-refractivity contribution in [3.8, 4) is 0 Å². The number of benzene rings is 2. The Morgan fingerprint density at radius 2 is 1.40 bits per heavy atom. The summed E-state index contributed by atoms with van der Waals surface area (Å²) in [6.07, 6.45) is 14.6. The van der Waals surface area contributed by atoms with Gasteiger partial charge in [-0.3, -0.25) is 19.8 Å². The van der Waals surface area contributed by atoms with E-state index in [-0.39, 0.29) is 41.9 Å². The third-order valence-corrected chi connectivity index (χ3v) is 12.3. The maximum Gasteiger partial charge on any atom is 0.249 e. The number of carbonyl (C=O) groups excluding carboxylic acids is 3. The average molecular weight is 684 g/mol. The number of nitrogens with two attached hydrogens (primary N) is 1. The fourth-order valence-corrected chi connectivity index (χ4v) is 9.75. The molecule has 3 saturated carbocycles. The van der Waals surface area contributed by atoms with Crippen LogP contribution in [-0.4, -0.2) is 57.8 Å². The molecule has 1 aliphatic heterocycles. The Morgan fingerprint density at radius 3 is 2.02 bits per heavy atom. The summed E-state index contributed by atoms with van der Waals surface area (Å²) in [6, 6.07) is 15.4. The molecule has 3 amide bonds. The number of aliphatic hydroxyl groups is 1. The van der Waals surface area contributed by atoms with Crippen LogP contribution in [0.4, 0.5) is 0 Å². The molecule has 1 saturated heterocycles.